The van der Waals surface area contributed by atoms with Crippen molar-refractivity contribution in [2.45, 2.75) is 0 Å². The predicted molar refractivity (Wildman–Crippen MR) is 9.94 cm³/mol. The zero-order valence-electron chi connectivity index (χ0n) is 1.45. The summed E-state index contributed by atoms with van der Waals surface area (Å²) in [6, 6.07) is 0. The molecule has 0 aliphatic heterocycles. The number of hydrogen-bond acceptors (Lipinski definition) is 0. The molecular formula is H3AlHfNbTi. The van der Waals surface area contributed by atoms with Gasteiger partial charge in [0, 0.05) is 69.9 Å². The van der Waals surface area contributed by atoms with E-state index in [0.717, 1.165) is 0 Å². The molecule has 0 amide bonds. The van der Waals surface area contributed by atoms with E-state index in [1.165, 1.54) is 0 Å². The van der Waals surface area contributed by atoms with Crippen LogP contribution in [0.5, 0.6) is 0 Å². The molecule has 0 aliphatic rings. The molecule has 0 unspecified atom stereocenters. The van der Waals surface area contributed by atoms with Gasteiger partial charge in [-0.3, -0.25) is 0 Å². The molecule has 0 bridgehead atoms. The van der Waals surface area contributed by atoms with Crippen LogP contribution in [0.2, 0.25) is 0 Å². The van der Waals surface area contributed by atoms with Gasteiger partial charge < -0.3 is 0 Å². The molecule has 0 saturated heterocycles. The van der Waals surface area contributed by atoms with Gasteiger partial charge in [0.05, 0.1) is 0 Å². The van der Waals surface area contributed by atoms with Gasteiger partial charge in [-0.15, -0.1) is 0 Å². The molecule has 4 heavy (non-hydrogen) atoms. The van der Waals surface area contributed by atoms with Gasteiger partial charge in [-0.1, -0.05) is 0 Å². The normalized spacial score (nSPS) is 0. The van der Waals surface area contributed by atoms with Crippen molar-refractivity contribution >= 4 is 17.4 Å². The molecule has 19 valence electrons. The molecule has 0 heterocycles. The van der Waals surface area contributed by atoms with Crippen molar-refractivity contribution in [1.29, 1.82) is 0 Å². The summed E-state index contributed by atoms with van der Waals surface area (Å²) in [5.41, 5.74) is 0. The maximum atomic E-state index is 0. The van der Waals surface area contributed by atoms with Crippen molar-refractivity contribution < 1.29 is 69.9 Å². The van der Waals surface area contributed by atoms with Crippen molar-refractivity contribution in [2.75, 3.05) is 0 Å². The number of hydrogen-bond donors (Lipinski definition) is 0. The summed E-state index contributed by atoms with van der Waals surface area (Å²) in [7, 11) is 0. The molecule has 0 nitrogen and oxygen atoms in total. The second-order valence-electron chi connectivity index (χ2n) is 0. The van der Waals surface area contributed by atoms with Gasteiger partial charge in [-0.2, -0.15) is 0 Å². The quantitative estimate of drug-likeness (QED) is 0.483. The van der Waals surface area contributed by atoms with Crippen molar-refractivity contribution in [1.82, 2.24) is 0 Å². The Labute approximate surface area is 85.8 Å². The van der Waals surface area contributed by atoms with Crippen LogP contribution in [0, 0.1) is 0 Å². The van der Waals surface area contributed by atoms with Gasteiger partial charge in [0.1, 0.15) is 0 Å². The largest absolute Gasteiger partial charge is 0.187 e. The van der Waals surface area contributed by atoms with Crippen molar-refractivity contribution in [3.8, 4) is 0 Å². The summed E-state index contributed by atoms with van der Waals surface area (Å²) in [4.78, 5) is 0. The second kappa shape index (κ2) is 16.9. The van der Waals surface area contributed by atoms with Crippen molar-refractivity contribution in [3.05, 3.63) is 0 Å². The fourth-order valence-electron chi connectivity index (χ4n) is 0. The summed E-state index contributed by atoms with van der Waals surface area (Å²) in [5, 5.41) is 0. The summed E-state index contributed by atoms with van der Waals surface area (Å²) in [5.74, 6) is 0. The average molecular weight is 349 g/mol. The Balaban J connectivity index is 0. The molecule has 0 aromatic carbocycles. The van der Waals surface area contributed by atoms with Crippen LogP contribution in [0.4, 0.5) is 0 Å². The van der Waals surface area contributed by atoms with E-state index in [0.29, 0.717) is 0 Å². The molecule has 0 aromatic rings. The minimum atomic E-state index is 0. The van der Waals surface area contributed by atoms with E-state index in [1.54, 1.807) is 0 Å². The topological polar surface area (TPSA) is 0 Å². The van der Waals surface area contributed by atoms with E-state index < -0.39 is 0 Å². The van der Waals surface area contributed by atoms with E-state index in [4.69, 9.17) is 0 Å². The second-order valence-corrected chi connectivity index (χ2v) is 0. The molecule has 1 radical (unpaired) electrons. The van der Waals surface area contributed by atoms with Gasteiger partial charge in [0.25, 0.3) is 0 Å². The van der Waals surface area contributed by atoms with E-state index >= 15 is 0 Å². The summed E-state index contributed by atoms with van der Waals surface area (Å²) >= 11 is 0. The van der Waals surface area contributed by atoms with E-state index in [-0.39, 0.29) is 87.3 Å². The SMILES string of the molecule is [AlH3].[Hf].[Nb].[Ti]. The van der Waals surface area contributed by atoms with E-state index in [2.05, 4.69) is 0 Å². The van der Waals surface area contributed by atoms with Gasteiger partial charge in [-0.25, -0.2) is 0 Å². The Hall–Kier alpha value is 2.86. The minimum Gasteiger partial charge on any atom is 0 e. The van der Waals surface area contributed by atoms with Crippen LogP contribution in [0.25, 0.3) is 0 Å². The van der Waals surface area contributed by atoms with Crippen LogP contribution in [0.3, 0.4) is 0 Å². The molecule has 0 saturated carbocycles. The van der Waals surface area contributed by atoms with Crippen LogP contribution in [0.1, 0.15) is 0 Å². The van der Waals surface area contributed by atoms with Crippen LogP contribution in [-0.4, -0.2) is 17.4 Å². The first-order valence-electron chi connectivity index (χ1n) is 0. The molecule has 0 fully saturated rings. The fourth-order valence-corrected chi connectivity index (χ4v) is 0. The van der Waals surface area contributed by atoms with Gasteiger partial charge in [0.15, 0.2) is 17.4 Å². The average Bonchev–Trinajstić information content (AvgIpc) is 0. The van der Waals surface area contributed by atoms with E-state index in [1.807, 2.05) is 0 Å². The molecule has 0 atom stereocenters. The summed E-state index contributed by atoms with van der Waals surface area (Å²) in [6.07, 6.45) is 0. The van der Waals surface area contributed by atoms with Gasteiger partial charge in [-0.05, 0) is 0 Å². The Morgan fingerprint density at radius 2 is 1.00 bits per heavy atom. The maximum absolute atomic E-state index is 0. The zero-order valence-corrected chi connectivity index (χ0v) is 8.80. The molecule has 0 aromatic heterocycles. The first-order chi connectivity index (χ1) is 0. The molecule has 0 rings (SSSR count). The Bertz CT molecular complexity index is 8.00. The van der Waals surface area contributed by atoms with Crippen LogP contribution >= 0.6 is 0 Å². The Morgan fingerprint density at radius 1 is 1.00 bits per heavy atom. The van der Waals surface area contributed by atoms with E-state index in [9.17, 15) is 0 Å². The van der Waals surface area contributed by atoms with Gasteiger partial charge >= 0.3 is 0 Å². The third-order valence-corrected chi connectivity index (χ3v) is 0. The number of rotatable bonds is 0. The van der Waals surface area contributed by atoms with Crippen LogP contribution < -0.4 is 0 Å². The summed E-state index contributed by atoms with van der Waals surface area (Å²) < 4.78 is 0. The minimum absolute atomic E-state index is 0. The predicted octanol–water partition coefficient (Wildman–Crippen LogP) is -1.19. The molecular weight excluding hydrogens is 346 g/mol. The molecule has 0 N–H and O–H groups in total. The van der Waals surface area contributed by atoms with Crippen LogP contribution in [-0.2, 0) is 69.9 Å². The smallest absolute Gasteiger partial charge is 0 e. The molecule has 0 aliphatic carbocycles. The van der Waals surface area contributed by atoms with Gasteiger partial charge in [0.2, 0.25) is 0 Å². The Morgan fingerprint density at radius 3 is 1.00 bits per heavy atom. The fraction of sp³-hybridized carbons (Fsp3) is 0. The van der Waals surface area contributed by atoms with Crippen molar-refractivity contribution in [2.24, 2.45) is 0 Å². The first-order valence-corrected chi connectivity index (χ1v) is 0. The first kappa shape index (κ1) is 28.8. The molecule has 0 spiro atoms. The maximum Gasteiger partial charge on any atom is 0.187 e. The summed E-state index contributed by atoms with van der Waals surface area (Å²) in [6.45, 7) is 0. The van der Waals surface area contributed by atoms with Crippen molar-refractivity contribution in [3.63, 3.8) is 0 Å². The molecule has 4 heteroatoms. The third-order valence-electron chi connectivity index (χ3n) is 0. The van der Waals surface area contributed by atoms with Crippen LogP contribution in [0.15, 0.2) is 0 Å². The Kier molecular flexibility index (Phi) is 122. The third kappa shape index (κ3) is 8.85. The zero-order chi connectivity index (χ0) is 0. The monoisotopic (exact) mass is 351 g/mol. The standard InChI is InChI=1S/Al.Hf.Nb.Ti.3H.